The van der Waals surface area contributed by atoms with E-state index in [1.807, 2.05) is 6.92 Å². The minimum absolute atomic E-state index is 0.123. The van der Waals surface area contributed by atoms with Crippen LogP contribution in [-0.2, 0) is 9.53 Å². The maximum atomic E-state index is 13.0. The van der Waals surface area contributed by atoms with Crippen LogP contribution in [0.3, 0.4) is 0 Å². The number of hydrogen-bond donors (Lipinski definition) is 1. The maximum absolute atomic E-state index is 13.0. The van der Waals surface area contributed by atoms with Crippen molar-refractivity contribution in [3.8, 4) is 0 Å². The molecule has 0 aliphatic rings. The van der Waals surface area contributed by atoms with Gasteiger partial charge >= 0.3 is 11.7 Å². The summed E-state index contributed by atoms with van der Waals surface area (Å²) in [6, 6.07) is -0.844. The summed E-state index contributed by atoms with van der Waals surface area (Å²) in [5, 5.41) is 17.7. The van der Waals surface area contributed by atoms with Crippen LogP contribution in [0.5, 0.6) is 0 Å². The van der Waals surface area contributed by atoms with Gasteiger partial charge in [-0.2, -0.15) is 5.10 Å². The largest absolute Gasteiger partial charge is 0.462 e. The number of carbonyl (C=O) groups is 3. The topological polar surface area (TPSA) is 137 Å². The molecule has 0 aliphatic heterocycles. The molecule has 0 radical (unpaired) electrons. The lowest BCUT2D eigenvalue weighted by Gasteiger charge is -2.15. The van der Waals surface area contributed by atoms with Crippen molar-refractivity contribution in [2.24, 2.45) is 0 Å². The first-order valence-corrected chi connectivity index (χ1v) is 10.4. The van der Waals surface area contributed by atoms with Gasteiger partial charge in [0.15, 0.2) is 0 Å². The van der Waals surface area contributed by atoms with Crippen LogP contribution in [0.2, 0.25) is 0 Å². The molecule has 2 aromatic heterocycles. The van der Waals surface area contributed by atoms with Crippen molar-refractivity contribution in [1.82, 2.24) is 14.7 Å². The molecule has 2 amide bonds. The van der Waals surface area contributed by atoms with Crippen molar-refractivity contribution >= 4 is 39.8 Å². The zero-order valence-corrected chi connectivity index (χ0v) is 18.8. The third-order valence-corrected chi connectivity index (χ3v) is 5.63. The molecule has 1 N–H and O–H groups in total. The van der Waals surface area contributed by atoms with Crippen molar-refractivity contribution < 1.29 is 24.0 Å². The molecule has 0 aromatic carbocycles. The van der Waals surface area contributed by atoms with Crippen LogP contribution in [-0.4, -0.2) is 58.1 Å². The maximum Gasteiger partial charge on any atom is 0.341 e. The number of nitrogens with one attached hydrogen (secondary N) is 1. The average Bonchev–Trinajstić information content (AvgIpc) is 3.31. The van der Waals surface area contributed by atoms with E-state index in [0.29, 0.717) is 23.3 Å². The van der Waals surface area contributed by atoms with Gasteiger partial charge in [-0.3, -0.25) is 24.4 Å². The van der Waals surface area contributed by atoms with Crippen LogP contribution in [0.25, 0.3) is 0 Å². The van der Waals surface area contributed by atoms with Crippen molar-refractivity contribution in [3.05, 3.63) is 38.5 Å². The molecule has 0 spiro atoms. The number of aromatic nitrogens is 2. The molecular formula is C19H25N5O6S. The molecule has 1 atom stereocenters. The van der Waals surface area contributed by atoms with Crippen molar-refractivity contribution in [3.63, 3.8) is 0 Å². The standard InChI is InChI=1S/C19H25N5O6S/c1-6-8-30-19(27)14-11(3)15(18(26)22(4)5)31-17(14)21-16(25)13(7-2)23-10-12(9-20-23)24(28)29/h9-10,13H,6-8H2,1-5H3,(H,21,25). The first-order chi connectivity index (χ1) is 14.6. The second-order valence-corrected chi connectivity index (χ2v) is 7.97. The number of nitro groups is 1. The van der Waals surface area contributed by atoms with E-state index in [9.17, 15) is 24.5 Å². The van der Waals surface area contributed by atoms with Crippen molar-refractivity contribution in [1.29, 1.82) is 0 Å². The summed E-state index contributed by atoms with van der Waals surface area (Å²) in [5.74, 6) is -1.45. The summed E-state index contributed by atoms with van der Waals surface area (Å²) >= 11 is 0.984. The fourth-order valence-electron chi connectivity index (χ4n) is 2.80. The van der Waals surface area contributed by atoms with Gasteiger partial charge in [0.05, 0.1) is 22.0 Å². The van der Waals surface area contributed by atoms with Crippen LogP contribution in [0.1, 0.15) is 58.3 Å². The van der Waals surface area contributed by atoms with Crippen LogP contribution in [0, 0.1) is 17.0 Å². The molecule has 0 bridgehead atoms. The molecule has 31 heavy (non-hydrogen) atoms. The summed E-state index contributed by atoms with van der Waals surface area (Å²) in [5.41, 5.74) is 0.307. The monoisotopic (exact) mass is 451 g/mol. The Balaban J connectivity index is 2.41. The number of carbonyl (C=O) groups excluding carboxylic acids is 3. The normalized spacial score (nSPS) is 11.6. The molecule has 168 valence electrons. The molecule has 11 nitrogen and oxygen atoms in total. The molecule has 1 unspecified atom stereocenters. The van der Waals surface area contributed by atoms with Gasteiger partial charge < -0.3 is 15.0 Å². The summed E-state index contributed by atoms with van der Waals surface area (Å²) < 4.78 is 6.44. The Morgan fingerprint density at radius 3 is 2.55 bits per heavy atom. The van der Waals surface area contributed by atoms with Crippen LogP contribution in [0.4, 0.5) is 10.7 Å². The lowest BCUT2D eigenvalue weighted by Crippen LogP contribution is -2.26. The molecule has 0 saturated heterocycles. The fourth-order valence-corrected chi connectivity index (χ4v) is 4.02. The van der Waals surface area contributed by atoms with Crippen molar-refractivity contribution in [2.45, 2.75) is 39.7 Å². The predicted octanol–water partition coefficient (Wildman–Crippen LogP) is 3.02. The molecule has 12 heteroatoms. The summed E-state index contributed by atoms with van der Waals surface area (Å²) in [6.45, 7) is 5.41. The zero-order chi connectivity index (χ0) is 23.3. The number of ether oxygens (including phenoxy) is 1. The van der Waals surface area contributed by atoms with Gasteiger partial charge in [-0.25, -0.2) is 4.79 Å². The minimum Gasteiger partial charge on any atom is -0.462 e. The molecular weight excluding hydrogens is 426 g/mol. The Morgan fingerprint density at radius 1 is 1.35 bits per heavy atom. The van der Waals surface area contributed by atoms with E-state index in [-0.39, 0.29) is 28.8 Å². The lowest BCUT2D eigenvalue weighted by molar-refractivity contribution is -0.385. The van der Waals surface area contributed by atoms with E-state index in [1.165, 1.54) is 15.8 Å². The highest BCUT2D eigenvalue weighted by Crippen LogP contribution is 2.35. The van der Waals surface area contributed by atoms with Gasteiger partial charge in [-0.1, -0.05) is 13.8 Å². The van der Waals surface area contributed by atoms with Gasteiger partial charge in [-0.15, -0.1) is 11.3 Å². The summed E-state index contributed by atoms with van der Waals surface area (Å²) in [7, 11) is 3.18. The first-order valence-electron chi connectivity index (χ1n) is 9.63. The number of amides is 2. The van der Waals surface area contributed by atoms with E-state index in [1.54, 1.807) is 27.9 Å². The van der Waals surface area contributed by atoms with Crippen LogP contribution in [0.15, 0.2) is 12.4 Å². The van der Waals surface area contributed by atoms with E-state index in [2.05, 4.69) is 10.4 Å². The number of nitrogens with zero attached hydrogens (tertiary/aromatic N) is 4. The molecule has 2 heterocycles. The number of hydrogen-bond acceptors (Lipinski definition) is 8. The molecule has 0 aliphatic carbocycles. The number of esters is 1. The van der Waals surface area contributed by atoms with Crippen molar-refractivity contribution in [2.75, 3.05) is 26.0 Å². The predicted molar refractivity (Wildman–Crippen MR) is 114 cm³/mol. The van der Waals surface area contributed by atoms with E-state index in [4.69, 9.17) is 4.74 Å². The van der Waals surface area contributed by atoms with Gasteiger partial charge in [-0.05, 0) is 25.3 Å². The van der Waals surface area contributed by atoms with E-state index >= 15 is 0 Å². The number of rotatable bonds is 9. The minimum atomic E-state index is -0.844. The Bertz CT molecular complexity index is 996. The summed E-state index contributed by atoms with van der Waals surface area (Å²) in [6.07, 6.45) is 3.15. The average molecular weight is 452 g/mol. The van der Waals surface area contributed by atoms with Gasteiger partial charge in [0.1, 0.15) is 23.4 Å². The second kappa shape index (κ2) is 10.2. The highest BCUT2D eigenvalue weighted by Gasteiger charge is 2.29. The molecule has 2 aromatic rings. The fraction of sp³-hybridized carbons (Fsp3) is 0.474. The Hall–Kier alpha value is -3.28. The highest BCUT2D eigenvalue weighted by molar-refractivity contribution is 7.18. The molecule has 0 saturated carbocycles. The highest BCUT2D eigenvalue weighted by atomic mass is 32.1. The smallest absolute Gasteiger partial charge is 0.341 e. The Kier molecular flexibility index (Phi) is 7.86. The quantitative estimate of drug-likeness (QED) is 0.351. The van der Waals surface area contributed by atoms with E-state index in [0.717, 1.165) is 17.5 Å². The summed E-state index contributed by atoms with van der Waals surface area (Å²) in [4.78, 5) is 50.1. The third-order valence-electron chi connectivity index (χ3n) is 4.43. The van der Waals surface area contributed by atoms with E-state index < -0.39 is 22.8 Å². The first kappa shape index (κ1) is 24.0. The number of anilines is 1. The lowest BCUT2D eigenvalue weighted by atomic mass is 10.1. The van der Waals surface area contributed by atoms with Gasteiger partial charge in [0.2, 0.25) is 5.91 Å². The van der Waals surface area contributed by atoms with Gasteiger partial charge in [0.25, 0.3) is 5.91 Å². The van der Waals surface area contributed by atoms with Crippen LogP contribution >= 0.6 is 11.3 Å². The Morgan fingerprint density at radius 2 is 2.03 bits per heavy atom. The van der Waals surface area contributed by atoms with Gasteiger partial charge in [0, 0.05) is 14.1 Å². The zero-order valence-electron chi connectivity index (χ0n) is 18.0. The Labute approximate surface area is 183 Å². The van der Waals surface area contributed by atoms with Crippen LogP contribution < -0.4 is 5.32 Å². The molecule has 2 rings (SSSR count). The SMILES string of the molecule is CCCOC(=O)c1c(NC(=O)C(CC)n2cc([N+](=O)[O-])cn2)sc(C(=O)N(C)C)c1C. The molecule has 0 fully saturated rings. The second-order valence-electron chi connectivity index (χ2n) is 6.94. The third kappa shape index (κ3) is 5.26. The number of thiophene rings is 1.